The predicted molar refractivity (Wildman–Crippen MR) is 114 cm³/mol. The highest BCUT2D eigenvalue weighted by Gasteiger charge is 2.24. The van der Waals surface area contributed by atoms with E-state index in [0.717, 1.165) is 37.5 Å². The smallest absolute Gasteiger partial charge is 0.208 e. The van der Waals surface area contributed by atoms with E-state index in [4.69, 9.17) is 16.6 Å². The third kappa shape index (κ3) is 2.42. The first-order valence-electron chi connectivity index (χ1n) is 8.22. The Hall–Kier alpha value is -2.37. The van der Waals surface area contributed by atoms with E-state index in [2.05, 4.69) is 0 Å². The molecule has 1 aliphatic heterocycles. The molecule has 0 amide bonds. The highest BCUT2D eigenvalue weighted by Crippen LogP contribution is 2.44. The summed E-state index contributed by atoms with van der Waals surface area (Å²) < 4.78 is 1.01. The van der Waals surface area contributed by atoms with Crippen LogP contribution in [0.1, 0.15) is 0 Å². The Morgan fingerprint density at radius 2 is 1.54 bits per heavy atom. The molecule has 0 unspecified atom stereocenters. The van der Waals surface area contributed by atoms with Crippen molar-refractivity contribution in [2.45, 2.75) is 0 Å². The van der Waals surface area contributed by atoms with Gasteiger partial charge < -0.3 is 9.80 Å². The molecular weight excluding hydrogens is 366 g/mol. The molecule has 0 atom stereocenters. The molecule has 132 valence electrons. The molecule has 0 radical (unpaired) electrons. The second-order valence-electron chi connectivity index (χ2n) is 6.65. The average molecular weight is 384 g/mol. The lowest BCUT2D eigenvalue weighted by molar-refractivity contribution is 1.12. The molecule has 6 heteroatoms. The highest BCUT2D eigenvalue weighted by atomic mass is 35.5. The summed E-state index contributed by atoms with van der Waals surface area (Å²) in [5.74, 6) is 0. The van der Waals surface area contributed by atoms with Crippen LogP contribution in [0.5, 0.6) is 0 Å². The number of benzene rings is 3. The third-order valence-electron chi connectivity index (χ3n) is 4.51. The molecule has 0 fully saturated rings. The van der Waals surface area contributed by atoms with Crippen LogP contribution < -0.4 is 15.2 Å². The number of halogens is 1. The maximum atomic E-state index is 13.2. The maximum Gasteiger partial charge on any atom is 0.208 e. The summed E-state index contributed by atoms with van der Waals surface area (Å²) in [7, 11) is 7.80. The first kappa shape index (κ1) is 17.1. The fourth-order valence-corrected chi connectivity index (χ4v) is 4.60. The Kier molecular flexibility index (Phi) is 4.01. The lowest BCUT2D eigenvalue weighted by atomic mass is 10.0. The maximum absolute atomic E-state index is 13.2. The Labute approximate surface area is 160 Å². The van der Waals surface area contributed by atoms with Crippen LogP contribution in [0.2, 0.25) is 5.02 Å². The van der Waals surface area contributed by atoms with E-state index in [-0.39, 0.29) is 10.5 Å². The van der Waals surface area contributed by atoms with Crippen molar-refractivity contribution in [3.63, 3.8) is 0 Å². The molecule has 1 aliphatic carbocycles. The molecule has 2 aromatic rings. The molecule has 2 aliphatic rings. The van der Waals surface area contributed by atoms with Gasteiger partial charge in [0.15, 0.2) is 0 Å². The number of aromatic nitrogens is 1. The lowest BCUT2D eigenvalue weighted by Crippen LogP contribution is -2.17. The summed E-state index contributed by atoms with van der Waals surface area (Å²) in [6, 6.07) is 11.9. The largest absolute Gasteiger partial charge is 0.377 e. The van der Waals surface area contributed by atoms with Crippen LogP contribution in [0.25, 0.3) is 31.6 Å². The van der Waals surface area contributed by atoms with Gasteiger partial charge in [-0.2, -0.15) is 0 Å². The summed E-state index contributed by atoms with van der Waals surface area (Å²) in [6.07, 6.45) is 0. The van der Waals surface area contributed by atoms with E-state index in [1.54, 1.807) is 0 Å². The Morgan fingerprint density at radius 1 is 0.923 bits per heavy atom. The Morgan fingerprint density at radius 3 is 2.19 bits per heavy atom. The van der Waals surface area contributed by atoms with Gasteiger partial charge in [-0.25, -0.2) is 4.98 Å². The van der Waals surface area contributed by atoms with E-state index in [1.165, 1.54) is 11.3 Å². The molecule has 4 nitrogen and oxygen atoms in total. The SMILES string of the molecule is CN(C)c1ccc(N(C)C)c2c(=O)c(Cl)c3sc4ccccc4nc-3c12. The molecule has 0 saturated carbocycles. The average Bonchev–Trinajstić information content (AvgIpc) is 2.63. The molecular formula is C20H18ClN3OS. The zero-order valence-electron chi connectivity index (χ0n) is 15.0. The monoisotopic (exact) mass is 383 g/mol. The van der Waals surface area contributed by atoms with Crippen LogP contribution in [0.3, 0.4) is 0 Å². The topological polar surface area (TPSA) is 36.4 Å². The van der Waals surface area contributed by atoms with Gasteiger partial charge in [-0.3, -0.25) is 4.79 Å². The fraction of sp³-hybridized carbons (Fsp3) is 0.200. The minimum absolute atomic E-state index is 0.144. The van der Waals surface area contributed by atoms with E-state index in [1.807, 2.05) is 74.4 Å². The summed E-state index contributed by atoms with van der Waals surface area (Å²) in [5, 5.41) is 1.72. The Bertz CT molecular complexity index is 1180. The second kappa shape index (κ2) is 6.11. The van der Waals surface area contributed by atoms with Gasteiger partial charge in [0.1, 0.15) is 5.02 Å². The summed E-state index contributed by atoms with van der Waals surface area (Å²) in [4.78, 5) is 22.8. The van der Waals surface area contributed by atoms with Crippen LogP contribution in [0.15, 0.2) is 41.2 Å². The van der Waals surface area contributed by atoms with Gasteiger partial charge in [-0.15, -0.1) is 11.3 Å². The quantitative estimate of drug-likeness (QED) is 0.371. The van der Waals surface area contributed by atoms with E-state index < -0.39 is 0 Å². The molecule has 2 aromatic carbocycles. The Balaban J connectivity index is 2.34. The van der Waals surface area contributed by atoms with Crippen LogP contribution >= 0.6 is 22.9 Å². The summed E-state index contributed by atoms with van der Waals surface area (Å²) in [5.41, 5.74) is 3.34. The van der Waals surface area contributed by atoms with Crippen molar-refractivity contribution in [2.75, 3.05) is 38.0 Å². The standard InChI is InChI=1S/C20H18ClN3OS/c1-23(2)12-9-10-13(24(3)4)16-15(12)18-20(17(21)19(16)25)26-14-8-6-5-7-11(14)22-18/h5-10H,1-4H3. The number of fused-ring (bicyclic) bond motifs is 4. The van der Waals surface area contributed by atoms with Crippen molar-refractivity contribution >= 4 is 55.3 Å². The van der Waals surface area contributed by atoms with Gasteiger partial charge in [-0.05, 0) is 24.3 Å². The molecule has 0 N–H and O–H groups in total. The molecule has 1 heterocycles. The van der Waals surface area contributed by atoms with Crippen molar-refractivity contribution in [3.8, 4) is 10.6 Å². The van der Waals surface area contributed by atoms with Crippen molar-refractivity contribution in [1.82, 2.24) is 4.98 Å². The van der Waals surface area contributed by atoms with Gasteiger partial charge >= 0.3 is 0 Å². The van der Waals surface area contributed by atoms with E-state index >= 15 is 0 Å². The first-order valence-corrected chi connectivity index (χ1v) is 9.42. The normalized spacial score (nSPS) is 11.4. The zero-order chi connectivity index (χ0) is 18.6. The van der Waals surface area contributed by atoms with Crippen LogP contribution in [0.4, 0.5) is 11.4 Å². The van der Waals surface area contributed by atoms with E-state index in [0.29, 0.717) is 5.39 Å². The molecule has 0 bridgehead atoms. The van der Waals surface area contributed by atoms with Gasteiger partial charge in [0.05, 0.1) is 26.2 Å². The third-order valence-corrected chi connectivity index (χ3v) is 6.15. The number of hydrogen-bond acceptors (Lipinski definition) is 5. The van der Waals surface area contributed by atoms with Crippen LogP contribution in [-0.4, -0.2) is 33.2 Å². The first-order chi connectivity index (χ1) is 12.4. The summed E-state index contributed by atoms with van der Waals surface area (Å²) in [6.45, 7) is 0. The number of hydrogen-bond donors (Lipinski definition) is 0. The van der Waals surface area contributed by atoms with E-state index in [9.17, 15) is 4.79 Å². The minimum Gasteiger partial charge on any atom is -0.377 e. The van der Waals surface area contributed by atoms with Crippen molar-refractivity contribution in [1.29, 1.82) is 0 Å². The number of rotatable bonds is 2. The molecule has 26 heavy (non-hydrogen) atoms. The molecule has 4 rings (SSSR count). The fourth-order valence-electron chi connectivity index (χ4n) is 3.29. The number of nitrogens with zero attached hydrogens (tertiary/aromatic N) is 3. The molecule has 0 aromatic heterocycles. The van der Waals surface area contributed by atoms with Crippen LogP contribution in [-0.2, 0) is 0 Å². The van der Waals surface area contributed by atoms with Gasteiger partial charge in [0.2, 0.25) is 5.43 Å². The van der Waals surface area contributed by atoms with Crippen LogP contribution in [0, 0.1) is 0 Å². The second-order valence-corrected chi connectivity index (χ2v) is 8.08. The predicted octanol–water partition coefficient (Wildman–Crippen LogP) is 4.70. The van der Waals surface area contributed by atoms with Crippen molar-refractivity contribution < 1.29 is 0 Å². The number of anilines is 2. The summed E-state index contributed by atoms with van der Waals surface area (Å²) >= 11 is 8.05. The lowest BCUT2D eigenvalue weighted by Gasteiger charge is -2.23. The zero-order valence-corrected chi connectivity index (χ0v) is 16.6. The van der Waals surface area contributed by atoms with Gasteiger partial charge in [0, 0.05) is 45.0 Å². The highest BCUT2D eigenvalue weighted by molar-refractivity contribution is 7.22. The van der Waals surface area contributed by atoms with Gasteiger partial charge in [0.25, 0.3) is 0 Å². The number of para-hydroxylation sites is 1. The van der Waals surface area contributed by atoms with Gasteiger partial charge in [-0.1, -0.05) is 23.7 Å². The molecule has 0 spiro atoms. The van der Waals surface area contributed by atoms with Crippen molar-refractivity contribution in [2.24, 2.45) is 0 Å². The minimum atomic E-state index is -0.144. The van der Waals surface area contributed by atoms with Crippen molar-refractivity contribution in [3.05, 3.63) is 51.6 Å². The molecule has 0 saturated heterocycles.